The molecule has 0 atom stereocenters. The largest absolute Gasteiger partial charge is 0.392 e. The van der Waals surface area contributed by atoms with Crippen molar-refractivity contribution in [3.8, 4) is 0 Å². The predicted octanol–water partition coefficient (Wildman–Crippen LogP) is 3.08. The molecule has 4 nitrogen and oxygen atoms in total. The summed E-state index contributed by atoms with van der Waals surface area (Å²) >= 11 is 5.62. The molecule has 0 aliphatic heterocycles. The first-order valence-corrected chi connectivity index (χ1v) is 7.88. The number of halogens is 2. The van der Waals surface area contributed by atoms with Crippen molar-refractivity contribution in [2.45, 2.75) is 18.4 Å². The van der Waals surface area contributed by atoms with Gasteiger partial charge in [-0.15, -0.1) is 0 Å². The lowest BCUT2D eigenvalue weighted by Gasteiger charge is -2.12. The Balaban J connectivity index is 2.40. The Kier molecular flexibility index (Phi) is 4.51. The molecule has 0 amide bonds. The van der Waals surface area contributed by atoms with E-state index in [0.29, 0.717) is 11.1 Å². The molecule has 2 rings (SSSR count). The summed E-state index contributed by atoms with van der Waals surface area (Å²) in [7, 11) is -3.85. The third kappa shape index (κ3) is 3.53. The zero-order chi connectivity index (χ0) is 15.6. The highest BCUT2D eigenvalue weighted by Crippen LogP contribution is 2.24. The second kappa shape index (κ2) is 6.01. The number of benzene rings is 2. The molecule has 0 saturated heterocycles. The number of hydrogen-bond donors (Lipinski definition) is 2. The molecule has 0 spiro atoms. The van der Waals surface area contributed by atoms with E-state index in [9.17, 15) is 12.8 Å². The molecular formula is C14H13ClFNO3S. The van der Waals surface area contributed by atoms with E-state index in [1.807, 2.05) is 0 Å². The average molecular weight is 330 g/mol. The monoisotopic (exact) mass is 329 g/mol. The summed E-state index contributed by atoms with van der Waals surface area (Å²) in [4.78, 5) is 0.0505. The van der Waals surface area contributed by atoms with Crippen molar-refractivity contribution < 1.29 is 17.9 Å². The van der Waals surface area contributed by atoms with Crippen LogP contribution in [-0.4, -0.2) is 13.5 Å². The van der Waals surface area contributed by atoms with Gasteiger partial charge in [-0.25, -0.2) is 12.8 Å². The van der Waals surface area contributed by atoms with Gasteiger partial charge < -0.3 is 5.11 Å². The Morgan fingerprint density at radius 1 is 1.24 bits per heavy atom. The molecule has 112 valence electrons. The summed E-state index contributed by atoms with van der Waals surface area (Å²) in [6.07, 6.45) is 0. The van der Waals surface area contributed by atoms with Crippen LogP contribution in [-0.2, 0) is 16.6 Å². The number of aliphatic hydroxyl groups is 1. The van der Waals surface area contributed by atoms with E-state index in [0.717, 1.165) is 6.07 Å². The third-order valence-electron chi connectivity index (χ3n) is 2.90. The Hall–Kier alpha value is -1.63. The number of aryl methyl sites for hydroxylation is 1. The molecule has 0 aliphatic carbocycles. The van der Waals surface area contributed by atoms with Crippen LogP contribution in [0, 0.1) is 12.7 Å². The number of anilines is 1. The van der Waals surface area contributed by atoms with Crippen molar-refractivity contribution in [2.24, 2.45) is 0 Å². The van der Waals surface area contributed by atoms with Crippen molar-refractivity contribution in [3.05, 3.63) is 58.4 Å². The van der Waals surface area contributed by atoms with Crippen LogP contribution in [0.25, 0.3) is 0 Å². The standard InChI is InChI=1S/C14H13ClFNO3S/c1-9-2-3-10(8-18)6-14(9)21(19,20)17-11-4-5-13(16)12(15)7-11/h2-7,17-18H,8H2,1H3. The maximum atomic E-state index is 13.1. The lowest BCUT2D eigenvalue weighted by atomic mass is 10.2. The van der Waals surface area contributed by atoms with Gasteiger partial charge in [-0.1, -0.05) is 23.7 Å². The maximum absolute atomic E-state index is 13.1. The fraction of sp³-hybridized carbons (Fsp3) is 0.143. The van der Waals surface area contributed by atoms with Gasteiger partial charge in [0.25, 0.3) is 10.0 Å². The van der Waals surface area contributed by atoms with Crippen LogP contribution < -0.4 is 4.72 Å². The van der Waals surface area contributed by atoms with E-state index in [-0.39, 0.29) is 22.2 Å². The van der Waals surface area contributed by atoms with Gasteiger partial charge in [-0.3, -0.25) is 4.72 Å². The zero-order valence-electron chi connectivity index (χ0n) is 11.1. The molecule has 0 bridgehead atoms. The number of nitrogens with one attached hydrogen (secondary N) is 1. The molecule has 0 unspecified atom stereocenters. The molecule has 0 fully saturated rings. The van der Waals surface area contributed by atoms with Gasteiger partial charge in [0.2, 0.25) is 0 Å². The summed E-state index contributed by atoms with van der Waals surface area (Å²) in [6.45, 7) is 1.39. The number of sulfonamides is 1. The average Bonchev–Trinajstić information content (AvgIpc) is 2.43. The van der Waals surface area contributed by atoms with Gasteiger partial charge in [0.05, 0.1) is 22.2 Å². The van der Waals surface area contributed by atoms with Crippen molar-refractivity contribution in [3.63, 3.8) is 0 Å². The Morgan fingerprint density at radius 3 is 2.57 bits per heavy atom. The molecule has 2 aromatic rings. The lowest BCUT2D eigenvalue weighted by molar-refractivity contribution is 0.281. The molecule has 7 heteroatoms. The molecule has 2 N–H and O–H groups in total. The normalized spacial score (nSPS) is 11.4. The van der Waals surface area contributed by atoms with E-state index in [2.05, 4.69) is 4.72 Å². The fourth-order valence-corrected chi connectivity index (χ4v) is 3.33. The molecule has 0 radical (unpaired) electrons. The lowest BCUT2D eigenvalue weighted by Crippen LogP contribution is -2.14. The van der Waals surface area contributed by atoms with Gasteiger partial charge in [0, 0.05) is 0 Å². The van der Waals surface area contributed by atoms with Crippen LogP contribution in [0.15, 0.2) is 41.3 Å². The van der Waals surface area contributed by atoms with Crippen LogP contribution in [0.5, 0.6) is 0 Å². The van der Waals surface area contributed by atoms with E-state index >= 15 is 0 Å². The summed E-state index contributed by atoms with van der Waals surface area (Å²) < 4.78 is 40.1. The predicted molar refractivity (Wildman–Crippen MR) is 79.3 cm³/mol. The second-order valence-electron chi connectivity index (χ2n) is 4.49. The topological polar surface area (TPSA) is 66.4 Å². The van der Waals surface area contributed by atoms with Gasteiger partial charge in [0.1, 0.15) is 5.82 Å². The van der Waals surface area contributed by atoms with E-state index in [4.69, 9.17) is 16.7 Å². The Bertz CT molecular complexity index is 778. The van der Waals surface area contributed by atoms with E-state index in [1.165, 1.54) is 18.2 Å². The second-order valence-corrected chi connectivity index (χ2v) is 6.55. The highest BCUT2D eigenvalue weighted by Gasteiger charge is 2.18. The van der Waals surface area contributed by atoms with Crippen molar-refractivity contribution in [1.82, 2.24) is 0 Å². The molecule has 0 aromatic heterocycles. The summed E-state index contributed by atoms with van der Waals surface area (Å²) in [6, 6.07) is 8.20. The van der Waals surface area contributed by atoms with Crippen LogP contribution in [0.4, 0.5) is 10.1 Å². The van der Waals surface area contributed by atoms with Gasteiger partial charge in [-0.2, -0.15) is 0 Å². The van der Waals surface area contributed by atoms with Crippen molar-refractivity contribution in [2.75, 3.05) is 4.72 Å². The van der Waals surface area contributed by atoms with E-state index in [1.54, 1.807) is 19.1 Å². The molecular weight excluding hydrogens is 317 g/mol. The Labute approximate surface area is 127 Å². The quantitative estimate of drug-likeness (QED) is 0.906. The van der Waals surface area contributed by atoms with Crippen molar-refractivity contribution in [1.29, 1.82) is 0 Å². The van der Waals surface area contributed by atoms with Gasteiger partial charge in [0.15, 0.2) is 0 Å². The van der Waals surface area contributed by atoms with Gasteiger partial charge in [-0.05, 0) is 42.3 Å². The minimum Gasteiger partial charge on any atom is -0.392 e. The molecule has 21 heavy (non-hydrogen) atoms. The number of rotatable bonds is 4. The van der Waals surface area contributed by atoms with E-state index < -0.39 is 15.8 Å². The maximum Gasteiger partial charge on any atom is 0.262 e. The molecule has 2 aromatic carbocycles. The summed E-state index contributed by atoms with van der Waals surface area (Å²) in [5.41, 5.74) is 1.18. The van der Waals surface area contributed by atoms with Crippen LogP contribution in [0.3, 0.4) is 0 Å². The summed E-state index contributed by atoms with van der Waals surface area (Å²) in [5, 5.41) is 8.93. The number of aliphatic hydroxyl groups excluding tert-OH is 1. The van der Waals surface area contributed by atoms with Crippen molar-refractivity contribution >= 4 is 27.3 Å². The first-order valence-electron chi connectivity index (χ1n) is 6.02. The van der Waals surface area contributed by atoms with Crippen LogP contribution in [0.2, 0.25) is 5.02 Å². The number of hydrogen-bond acceptors (Lipinski definition) is 3. The minimum absolute atomic E-state index is 0.0505. The first kappa shape index (κ1) is 15.8. The van der Waals surface area contributed by atoms with Crippen LogP contribution >= 0.6 is 11.6 Å². The highest BCUT2D eigenvalue weighted by molar-refractivity contribution is 7.92. The Morgan fingerprint density at radius 2 is 1.95 bits per heavy atom. The molecule has 0 heterocycles. The third-order valence-corrected chi connectivity index (χ3v) is 4.71. The smallest absolute Gasteiger partial charge is 0.262 e. The highest BCUT2D eigenvalue weighted by atomic mass is 35.5. The summed E-state index contributed by atoms with van der Waals surface area (Å²) in [5.74, 6) is -0.627. The SMILES string of the molecule is Cc1ccc(CO)cc1S(=O)(=O)Nc1ccc(F)c(Cl)c1. The zero-order valence-corrected chi connectivity index (χ0v) is 12.7. The van der Waals surface area contributed by atoms with Gasteiger partial charge >= 0.3 is 0 Å². The van der Waals surface area contributed by atoms with Crippen LogP contribution in [0.1, 0.15) is 11.1 Å². The molecule has 0 saturated carbocycles. The fourth-order valence-electron chi connectivity index (χ4n) is 1.80. The minimum atomic E-state index is -3.85. The molecule has 0 aliphatic rings. The first-order chi connectivity index (χ1) is 9.83.